The number of primary amides is 1. The van der Waals surface area contributed by atoms with E-state index in [1.165, 1.54) is 24.3 Å². The predicted molar refractivity (Wildman–Crippen MR) is 131 cm³/mol. The van der Waals surface area contributed by atoms with Crippen molar-refractivity contribution >= 4 is 29.6 Å². The van der Waals surface area contributed by atoms with Gasteiger partial charge in [0.1, 0.15) is 23.9 Å². The third-order valence-corrected chi connectivity index (χ3v) is 5.34. The minimum Gasteiger partial charge on any atom is -0.508 e. The van der Waals surface area contributed by atoms with E-state index in [1.54, 1.807) is 13.8 Å². The summed E-state index contributed by atoms with van der Waals surface area (Å²) in [5, 5.41) is 26.3. The molecule has 0 heterocycles. The van der Waals surface area contributed by atoms with Crippen LogP contribution in [0, 0.1) is 11.8 Å². The van der Waals surface area contributed by atoms with Crippen molar-refractivity contribution in [2.24, 2.45) is 23.3 Å². The van der Waals surface area contributed by atoms with E-state index in [1.807, 2.05) is 13.8 Å². The second-order valence-electron chi connectivity index (χ2n) is 9.47. The summed E-state index contributed by atoms with van der Waals surface area (Å²) in [4.78, 5) is 61.4. The monoisotopic (exact) mass is 507 g/mol. The van der Waals surface area contributed by atoms with E-state index in [2.05, 4.69) is 16.0 Å². The SMILES string of the molecule is CC(C)CC(N)C(=O)NC(C(=O)NC(Cc1ccc(O)cc1)C(=O)NC(CC(N)=O)C(=O)O)C(C)C. The first kappa shape index (κ1) is 30.4. The second kappa shape index (κ2) is 14.0. The lowest BCUT2D eigenvalue weighted by Crippen LogP contribution is -2.59. The number of hydrogen-bond donors (Lipinski definition) is 7. The summed E-state index contributed by atoms with van der Waals surface area (Å²) >= 11 is 0. The summed E-state index contributed by atoms with van der Waals surface area (Å²) in [5.41, 5.74) is 11.6. The average molecular weight is 508 g/mol. The van der Waals surface area contributed by atoms with E-state index in [4.69, 9.17) is 11.5 Å². The highest BCUT2D eigenvalue weighted by Gasteiger charge is 2.32. The van der Waals surface area contributed by atoms with Crippen LogP contribution in [-0.2, 0) is 30.4 Å². The standard InChI is InChI=1S/C24H37N5O7/c1-12(2)9-16(25)21(32)29-20(13(3)4)23(34)27-17(10-14-5-7-15(30)8-6-14)22(33)28-18(24(35)36)11-19(26)31/h5-8,12-13,16-18,20,30H,9-11,25H2,1-4H3,(H2,26,31)(H,27,34)(H,28,33)(H,29,32)(H,35,36). The maximum Gasteiger partial charge on any atom is 0.326 e. The third-order valence-electron chi connectivity index (χ3n) is 5.34. The highest BCUT2D eigenvalue weighted by atomic mass is 16.4. The van der Waals surface area contributed by atoms with Gasteiger partial charge in [0.25, 0.3) is 0 Å². The van der Waals surface area contributed by atoms with Crippen LogP contribution in [0.2, 0.25) is 0 Å². The number of benzene rings is 1. The van der Waals surface area contributed by atoms with Gasteiger partial charge in [0.2, 0.25) is 23.6 Å². The van der Waals surface area contributed by atoms with Crippen molar-refractivity contribution in [3.05, 3.63) is 29.8 Å². The van der Waals surface area contributed by atoms with Crippen LogP contribution in [0.15, 0.2) is 24.3 Å². The van der Waals surface area contributed by atoms with Crippen LogP contribution < -0.4 is 27.4 Å². The van der Waals surface area contributed by atoms with E-state index in [0.29, 0.717) is 12.0 Å². The van der Waals surface area contributed by atoms with Crippen molar-refractivity contribution in [1.82, 2.24) is 16.0 Å². The third kappa shape index (κ3) is 10.3. The van der Waals surface area contributed by atoms with E-state index in [0.717, 1.165) is 0 Å². The molecular formula is C24H37N5O7. The van der Waals surface area contributed by atoms with E-state index in [9.17, 15) is 34.2 Å². The molecule has 0 fully saturated rings. The Bertz CT molecular complexity index is 933. The number of aliphatic carboxylic acids is 1. The molecule has 0 saturated carbocycles. The molecule has 12 heteroatoms. The number of carboxylic acid groups (broad SMARTS) is 1. The Morgan fingerprint density at radius 2 is 1.42 bits per heavy atom. The molecule has 0 radical (unpaired) electrons. The largest absolute Gasteiger partial charge is 0.508 e. The molecule has 0 saturated heterocycles. The second-order valence-corrected chi connectivity index (χ2v) is 9.47. The summed E-state index contributed by atoms with van der Waals surface area (Å²) in [7, 11) is 0. The van der Waals surface area contributed by atoms with E-state index in [-0.39, 0.29) is 24.0 Å². The lowest BCUT2D eigenvalue weighted by atomic mass is 9.99. The molecule has 0 aliphatic heterocycles. The topological polar surface area (TPSA) is 214 Å². The van der Waals surface area contributed by atoms with E-state index < -0.39 is 60.2 Å². The number of amides is 4. The number of phenolic OH excluding ortho intramolecular Hbond substituents is 1. The predicted octanol–water partition coefficient (Wildman–Crippen LogP) is -0.621. The van der Waals surface area contributed by atoms with Gasteiger partial charge in [-0.1, -0.05) is 39.8 Å². The summed E-state index contributed by atoms with van der Waals surface area (Å²) < 4.78 is 0. The van der Waals surface area contributed by atoms with Gasteiger partial charge in [-0.25, -0.2) is 4.79 Å². The molecule has 0 aromatic heterocycles. The van der Waals surface area contributed by atoms with Crippen LogP contribution in [-0.4, -0.2) is 64.0 Å². The van der Waals surface area contributed by atoms with Crippen molar-refractivity contribution in [1.29, 1.82) is 0 Å². The van der Waals surface area contributed by atoms with Crippen LogP contribution in [0.5, 0.6) is 5.75 Å². The molecule has 36 heavy (non-hydrogen) atoms. The molecule has 200 valence electrons. The molecule has 1 aromatic rings. The number of rotatable bonds is 14. The van der Waals surface area contributed by atoms with Crippen LogP contribution >= 0.6 is 0 Å². The van der Waals surface area contributed by atoms with Gasteiger partial charge in [0.15, 0.2) is 0 Å². The van der Waals surface area contributed by atoms with Crippen LogP contribution in [0.3, 0.4) is 0 Å². The zero-order valence-corrected chi connectivity index (χ0v) is 21.0. The molecule has 4 amide bonds. The number of hydrogen-bond acceptors (Lipinski definition) is 7. The number of nitrogens with two attached hydrogens (primary N) is 2. The van der Waals surface area contributed by atoms with Crippen molar-refractivity contribution < 1.29 is 34.2 Å². The average Bonchev–Trinajstić information content (AvgIpc) is 2.76. The first-order chi connectivity index (χ1) is 16.7. The maximum atomic E-state index is 13.1. The van der Waals surface area contributed by atoms with E-state index >= 15 is 0 Å². The van der Waals surface area contributed by atoms with Gasteiger partial charge in [-0.2, -0.15) is 0 Å². The lowest BCUT2D eigenvalue weighted by molar-refractivity contribution is -0.143. The number of carbonyl (C=O) groups excluding carboxylic acids is 4. The van der Waals surface area contributed by atoms with Gasteiger partial charge in [0.05, 0.1) is 12.5 Å². The summed E-state index contributed by atoms with van der Waals surface area (Å²) in [6.07, 6.45) is -0.285. The van der Waals surface area contributed by atoms with Gasteiger partial charge in [-0.3, -0.25) is 19.2 Å². The van der Waals surface area contributed by atoms with Gasteiger partial charge in [0, 0.05) is 6.42 Å². The van der Waals surface area contributed by atoms with Gasteiger partial charge in [-0.15, -0.1) is 0 Å². The summed E-state index contributed by atoms with van der Waals surface area (Å²) in [6, 6.07) is 1.16. The lowest BCUT2D eigenvalue weighted by Gasteiger charge is -2.27. The number of nitrogens with one attached hydrogen (secondary N) is 3. The minimum absolute atomic E-state index is 0.00323. The van der Waals surface area contributed by atoms with Crippen LogP contribution in [0.4, 0.5) is 0 Å². The molecule has 9 N–H and O–H groups in total. The molecule has 4 unspecified atom stereocenters. The zero-order chi connectivity index (χ0) is 27.6. The van der Waals surface area contributed by atoms with Crippen molar-refractivity contribution in [3.8, 4) is 5.75 Å². The molecule has 0 spiro atoms. The molecule has 0 bridgehead atoms. The molecular weight excluding hydrogens is 470 g/mol. The molecule has 4 atom stereocenters. The summed E-state index contributed by atoms with van der Waals surface area (Å²) in [5.74, 6) is -4.64. The Hall–Kier alpha value is -3.67. The molecule has 0 aliphatic carbocycles. The number of aromatic hydroxyl groups is 1. The highest BCUT2D eigenvalue weighted by Crippen LogP contribution is 2.13. The highest BCUT2D eigenvalue weighted by molar-refractivity contribution is 5.95. The maximum absolute atomic E-state index is 13.1. The fraction of sp³-hybridized carbons (Fsp3) is 0.542. The Morgan fingerprint density at radius 1 is 0.861 bits per heavy atom. The Morgan fingerprint density at radius 3 is 1.89 bits per heavy atom. The molecule has 1 aromatic carbocycles. The zero-order valence-electron chi connectivity index (χ0n) is 21.0. The quantitative estimate of drug-likeness (QED) is 0.172. The van der Waals surface area contributed by atoms with Crippen molar-refractivity contribution in [2.45, 2.75) is 71.1 Å². The van der Waals surface area contributed by atoms with Gasteiger partial charge in [-0.05, 0) is 36.0 Å². The Balaban J connectivity index is 3.13. The minimum atomic E-state index is -1.59. The normalized spacial score (nSPS) is 14.4. The fourth-order valence-electron chi connectivity index (χ4n) is 3.42. The van der Waals surface area contributed by atoms with Crippen molar-refractivity contribution in [2.75, 3.05) is 0 Å². The van der Waals surface area contributed by atoms with Crippen molar-refractivity contribution in [3.63, 3.8) is 0 Å². The Labute approximate surface area is 210 Å². The fourth-order valence-corrected chi connectivity index (χ4v) is 3.42. The molecule has 0 aliphatic rings. The smallest absolute Gasteiger partial charge is 0.326 e. The number of carbonyl (C=O) groups is 5. The number of carboxylic acids is 1. The van der Waals surface area contributed by atoms with Crippen LogP contribution in [0.1, 0.15) is 46.1 Å². The molecule has 12 nitrogen and oxygen atoms in total. The summed E-state index contributed by atoms with van der Waals surface area (Å²) in [6.45, 7) is 7.24. The number of phenols is 1. The first-order valence-electron chi connectivity index (χ1n) is 11.7. The van der Waals surface area contributed by atoms with Crippen LogP contribution in [0.25, 0.3) is 0 Å². The first-order valence-corrected chi connectivity index (χ1v) is 11.7. The molecule has 1 rings (SSSR count). The van der Waals surface area contributed by atoms with Gasteiger partial charge >= 0.3 is 5.97 Å². The Kier molecular flexibility index (Phi) is 11.8. The van der Waals surface area contributed by atoms with Gasteiger partial charge < -0.3 is 37.6 Å².